The molecule has 1 heterocycles. The number of nitrogens with zero attached hydrogens (tertiary/aromatic N) is 1. The van der Waals surface area contributed by atoms with Gasteiger partial charge in [-0.1, -0.05) is 6.07 Å². The Morgan fingerprint density at radius 1 is 1.40 bits per heavy atom. The summed E-state index contributed by atoms with van der Waals surface area (Å²) in [6.45, 7) is 3.38. The summed E-state index contributed by atoms with van der Waals surface area (Å²) in [4.78, 5) is 15.2. The van der Waals surface area contributed by atoms with Crippen LogP contribution in [0.25, 0.3) is 0 Å². The van der Waals surface area contributed by atoms with Crippen molar-refractivity contribution in [1.29, 1.82) is 0 Å². The van der Waals surface area contributed by atoms with Crippen LogP contribution < -0.4 is 4.74 Å². The molecule has 136 valence electrons. The number of benzene rings is 1. The van der Waals surface area contributed by atoms with Gasteiger partial charge < -0.3 is 19.5 Å². The van der Waals surface area contributed by atoms with E-state index in [0.717, 1.165) is 36.9 Å². The third-order valence-electron chi connectivity index (χ3n) is 6.71. The molecule has 2 bridgehead atoms. The minimum Gasteiger partial charge on any atom is -0.504 e. The number of carbonyl (C=O) groups is 1. The second-order valence-corrected chi connectivity index (χ2v) is 7.75. The van der Waals surface area contributed by atoms with E-state index in [-0.39, 0.29) is 23.1 Å². The van der Waals surface area contributed by atoms with Crippen LogP contribution in [0.4, 0.5) is 0 Å². The van der Waals surface area contributed by atoms with Gasteiger partial charge >= 0.3 is 0 Å². The standard InChI is InChI=1S/C20H27NO4/c1-4-25-16-6-5-12-9-14-13-10-17(24-3)15(22)11-20(13,7-8-21(14)2)18(12)19(16)23/h5-6,13-14,17,23H,4,7-11H2,1-3H3/t13?,14?,17?,20-/m1/s1. The highest BCUT2D eigenvalue weighted by Gasteiger charge is 2.58. The fourth-order valence-electron chi connectivity index (χ4n) is 5.55. The molecule has 5 nitrogen and oxygen atoms in total. The molecule has 1 saturated carbocycles. The Hall–Kier alpha value is -1.59. The van der Waals surface area contributed by atoms with Gasteiger partial charge in [-0.15, -0.1) is 0 Å². The molecule has 1 saturated heterocycles. The summed E-state index contributed by atoms with van der Waals surface area (Å²) < 4.78 is 11.1. The third-order valence-corrected chi connectivity index (χ3v) is 6.71. The Labute approximate surface area is 148 Å². The first kappa shape index (κ1) is 16.9. The molecule has 0 amide bonds. The number of aromatic hydroxyl groups is 1. The number of carbonyl (C=O) groups excluding carboxylic acids is 1. The number of ether oxygens (including phenoxy) is 2. The van der Waals surface area contributed by atoms with Crippen molar-refractivity contribution in [2.45, 2.75) is 50.2 Å². The van der Waals surface area contributed by atoms with E-state index < -0.39 is 0 Å². The number of phenolic OH excluding ortho intramolecular Hbond substituents is 1. The van der Waals surface area contributed by atoms with E-state index in [1.54, 1.807) is 7.11 Å². The Morgan fingerprint density at radius 3 is 2.92 bits per heavy atom. The van der Waals surface area contributed by atoms with Crippen molar-refractivity contribution in [2.24, 2.45) is 5.92 Å². The molecule has 4 rings (SSSR count). The van der Waals surface area contributed by atoms with Crippen LogP contribution in [0.1, 0.15) is 37.3 Å². The van der Waals surface area contributed by atoms with E-state index >= 15 is 0 Å². The summed E-state index contributed by atoms with van der Waals surface area (Å²) in [5.74, 6) is 1.27. The maximum atomic E-state index is 12.7. The number of hydrogen-bond donors (Lipinski definition) is 1. The van der Waals surface area contributed by atoms with Gasteiger partial charge in [-0.3, -0.25) is 4.79 Å². The Morgan fingerprint density at radius 2 is 2.20 bits per heavy atom. The molecule has 2 aliphatic carbocycles. The average molecular weight is 345 g/mol. The maximum absolute atomic E-state index is 12.7. The zero-order chi connectivity index (χ0) is 17.8. The van der Waals surface area contributed by atoms with Crippen LogP contribution in [0.5, 0.6) is 11.5 Å². The molecular formula is C20H27NO4. The van der Waals surface area contributed by atoms with Crippen molar-refractivity contribution >= 4 is 5.78 Å². The highest BCUT2D eigenvalue weighted by Crippen LogP contribution is 2.58. The number of ketones is 1. The lowest BCUT2D eigenvalue weighted by atomic mass is 9.51. The van der Waals surface area contributed by atoms with Gasteiger partial charge in [0.05, 0.1) is 6.61 Å². The van der Waals surface area contributed by atoms with Crippen LogP contribution >= 0.6 is 0 Å². The minimum absolute atomic E-state index is 0.163. The van der Waals surface area contributed by atoms with Gasteiger partial charge in [0.1, 0.15) is 6.10 Å². The summed E-state index contributed by atoms with van der Waals surface area (Å²) in [6.07, 6.45) is 2.68. The Kier molecular flexibility index (Phi) is 4.04. The molecule has 3 unspecified atom stereocenters. The zero-order valence-corrected chi connectivity index (χ0v) is 15.2. The highest BCUT2D eigenvalue weighted by molar-refractivity contribution is 5.86. The van der Waals surface area contributed by atoms with Crippen LogP contribution in [-0.4, -0.2) is 55.2 Å². The number of Topliss-reactive ketones (excluding diaryl/α,β-unsaturated/α-hetero) is 1. The Balaban J connectivity index is 1.88. The van der Waals surface area contributed by atoms with Crippen molar-refractivity contribution in [3.8, 4) is 11.5 Å². The van der Waals surface area contributed by atoms with Gasteiger partial charge in [-0.2, -0.15) is 0 Å². The normalized spacial score (nSPS) is 34.4. The van der Waals surface area contributed by atoms with Crippen molar-refractivity contribution in [3.63, 3.8) is 0 Å². The molecule has 4 atom stereocenters. The molecule has 0 aromatic heterocycles. The first-order chi connectivity index (χ1) is 12.0. The summed E-state index contributed by atoms with van der Waals surface area (Å²) in [6, 6.07) is 4.34. The number of phenols is 1. The quantitative estimate of drug-likeness (QED) is 0.911. The summed E-state index contributed by atoms with van der Waals surface area (Å²) >= 11 is 0. The minimum atomic E-state index is -0.314. The van der Waals surface area contributed by atoms with Crippen molar-refractivity contribution in [3.05, 3.63) is 23.3 Å². The molecular weight excluding hydrogens is 318 g/mol. The van der Waals surface area contributed by atoms with E-state index in [0.29, 0.717) is 30.7 Å². The van der Waals surface area contributed by atoms with E-state index in [2.05, 4.69) is 18.0 Å². The lowest BCUT2D eigenvalue weighted by Gasteiger charge is -2.58. The van der Waals surface area contributed by atoms with Gasteiger partial charge in [0, 0.05) is 30.6 Å². The largest absolute Gasteiger partial charge is 0.504 e. The fourth-order valence-corrected chi connectivity index (χ4v) is 5.55. The summed E-state index contributed by atoms with van der Waals surface area (Å²) in [7, 11) is 3.80. The van der Waals surface area contributed by atoms with Crippen LogP contribution in [0.2, 0.25) is 0 Å². The number of likely N-dealkylation sites (tertiary alicyclic amines) is 1. The molecule has 1 aromatic carbocycles. The number of rotatable bonds is 3. The smallest absolute Gasteiger partial charge is 0.162 e. The predicted molar refractivity (Wildman–Crippen MR) is 94.2 cm³/mol. The molecule has 2 fully saturated rings. The second-order valence-electron chi connectivity index (χ2n) is 7.75. The van der Waals surface area contributed by atoms with E-state index in [1.807, 2.05) is 13.0 Å². The number of hydrogen-bond acceptors (Lipinski definition) is 5. The SMILES string of the molecule is CCOc1ccc2c(c1O)[C@@]13CCN(C)C(C2)C1CC(OC)C(=O)C3. The van der Waals surface area contributed by atoms with Crippen LogP contribution in [0, 0.1) is 5.92 Å². The van der Waals surface area contributed by atoms with Gasteiger partial charge in [-0.05, 0) is 57.3 Å². The molecule has 0 radical (unpaired) electrons. The summed E-state index contributed by atoms with van der Waals surface area (Å²) in [5.41, 5.74) is 1.85. The fraction of sp³-hybridized carbons (Fsp3) is 0.650. The predicted octanol–water partition coefficient (Wildman–Crippen LogP) is 2.28. The molecule has 5 heteroatoms. The molecule has 0 spiro atoms. The Bertz CT molecular complexity index is 703. The molecule has 1 N–H and O–H groups in total. The molecule has 1 aliphatic heterocycles. The molecule has 25 heavy (non-hydrogen) atoms. The lowest BCUT2D eigenvalue weighted by Crippen LogP contribution is -2.63. The average Bonchev–Trinajstić information content (AvgIpc) is 2.59. The summed E-state index contributed by atoms with van der Waals surface area (Å²) in [5, 5.41) is 11.0. The van der Waals surface area contributed by atoms with E-state index in [9.17, 15) is 9.90 Å². The monoisotopic (exact) mass is 345 g/mol. The van der Waals surface area contributed by atoms with Gasteiger partial charge in [0.25, 0.3) is 0 Å². The van der Waals surface area contributed by atoms with Gasteiger partial charge in [0.15, 0.2) is 17.3 Å². The number of likely N-dealkylation sites (N-methyl/N-ethyl adjacent to an activating group) is 1. The van der Waals surface area contributed by atoms with Crippen molar-refractivity contribution < 1.29 is 19.4 Å². The van der Waals surface area contributed by atoms with Crippen molar-refractivity contribution in [1.82, 2.24) is 4.90 Å². The third kappa shape index (κ3) is 2.32. The van der Waals surface area contributed by atoms with Gasteiger partial charge in [0.2, 0.25) is 0 Å². The van der Waals surface area contributed by atoms with Crippen LogP contribution in [-0.2, 0) is 21.4 Å². The van der Waals surface area contributed by atoms with Gasteiger partial charge in [-0.25, -0.2) is 0 Å². The van der Waals surface area contributed by atoms with E-state index in [1.165, 1.54) is 0 Å². The second kappa shape index (κ2) is 5.99. The number of piperidine rings is 1. The van der Waals surface area contributed by atoms with Crippen molar-refractivity contribution in [2.75, 3.05) is 27.3 Å². The van der Waals surface area contributed by atoms with Crippen LogP contribution in [0.3, 0.4) is 0 Å². The van der Waals surface area contributed by atoms with Crippen LogP contribution in [0.15, 0.2) is 12.1 Å². The molecule has 3 aliphatic rings. The maximum Gasteiger partial charge on any atom is 0.162 e. The molecule has 1 aromatic rings. The van der Waals surface area contributed by atoms with E-state index in [4.69, 9.17) is 9.47 Å². The first-order valence-corrected chi connectivity index (χ1v) is 9.25. The highest BCUT2D eigenvalue weighted by atomic mass is 16.5. The topological polar surface area (TPSA) is 59.0 Å². The lowest BCUT2D eigenvalue weighted by molar-refractivity contribution is -0.141. The number of methoxy groups -OCH3 is 1. The zero-order valence-electron chi connectivity index (χ0n) is 15.2. The number of fused-ring (bicyclic) bond motifs is 1. The first-order valence-electron chi connectivity index (χ1n) is 9.25.